The van der Waals surface area contributed by atoms with Crippen molar-refractivity contribution in [1.29, 1.82) is 0 Å². The Bertz CT molecular complexity index is 606. The van der Waals surface area contributed by atoms with Gasteiger partial charge in [0.1, 0.15) is 28.6 Å². The number of hydrogen-bond acceptors (Lipinski definition) is 4. The highest BCUT2D eigenvalue weighted by atomic mass is 19.1. The predicted octanol–water partition coefficient (Wildman–Crippen LogP) is 2.50. The molecule has 0 radical (unpaired) electrons. The summed E-state index contributed by atoms with van der Waals surface area (Å²) in [5.74, 6) is -1.28. The van der Waals surface area contributed by atoms with Crippen molar-refractivity contribution in [3.8, 4) is 17.0 Å². The molecule has 2 aromatic rings. The van der Waals surface area contributed by atoms with Crippen molar-refractivity contribution in [2.24, 2.45) is 0 Å². The number of carboxylic acid groups (broad SMARTS) is 1. The summed E-state index contributed by atoms with van der Waals surface area (Å²) >= 11 is 0. The first-order valence-corrected chi connectivity index (χ1v) is 5.08. The number of aromatic nitrogens is 1. The molecule has 94 valence electrons. The second-order valence-electron chi connectivity index (χ2n) is 3.61. The minimum absolute atomic E-state index is 0.0311. The number of rotatable bonds is 3. The number of halogens is 1. The van der Waals surface area contributed by atoms with E-state index in [2.05, 4.69) is 5.16 Å². The Hall–Kier alpha value is -2.37. The van der Waals surface area contributed by atoms with Crippen LogP contribution in [-0.2, 0) is 0 Å². The summed E-state index contributed by atoms with van der Waals surface area (Å²) in [5, 5.41) is 12.7. The lowest BCUT2D eigenvalue weighted by Crippen LogP contribution is -2.00. The first-order valence-electron chi connectivity index (χ1n) is 5.08. The van der Waals surface area contributed by atoms with Crippen molar-refractivity contribution in [3.05, 3.63) is 35.3 Å². The molecule has 1 heterocycles. The summed E-state index contributed by atoms with van der Waals surface area (Å²) < 4.78 is 23.5. The van der Waals surface area contributed by atoms with Crippen LogP contribution in [0, 0.1) is 12.7 Å². The Kier molecular flexibility index (Phi) is 3.01. The molecule has 5 nitrogen and oxygen atoms in total. The topological polar surface area (TPSA) is 72.6 Å². The Morgan fingerprint density at radius 3 is 2.83 bits per heavy atom. The minimum atomic E-state index is -1.22. The lowest BCUT2D eigenvalue weighted by atomic mass is 10.1. The molecule has 0 aliphatic carbocycles. The van der Waals surface area contributed by atoms with Crippen molar-refractivity contribution >= 4 is 5.97 Å². The normalized spacial score (nSPS) is 10.4. The van der Waals surface area contributed by atoms with Crippen molar-refractivity contribution < 1.29 is 23.6 Å². The molecular weight excluding hydrogens is 241 g/mol. The summed E-state index contributed by atoms with van der Waals surface area (Å²) in [4.78, 5) is 11.1. The third-order valence-corrected chi connectivity index (χ3v) is 2.51. The molecule has 18 heavy (non-hydrogen) atoms. The number of nitrogens with zero attached hydrogens (tertiary/aromatic N) is 1. The Balaban J connectivity index is 2.65. The molecule has 6 heteroatoms. The molecule has 0 aliphatic heterocycles. The third-order valence-electron chi connectivity index (χ3n) is 2.51. The van der Waals surface area contributed by atoms with E-state index in [1.165, 1.54) is 32.2 Å². The predicted molar refractivity (Wildman–Crippen MR) is 60.1 cm³/mol. The van der Waals surface area contributed by atoms with Crippen LogP contribution in [0.4, 0.5) is 4.39 Å². The maximum absolute atomic E-state index is 13.7. The van der Waals surface area contributed by atoms with Crippen LogP contribution < -0.4 is 4.74 Å². The summed E-state index contributed by atoms with van der Waals surface area (Å²) in [6.07, 6.45) is 0. The average molecular weight is 251 g/mol. The largest absolute Gasteiger partial charge is 0.497 e. The molecule has 0 amide bonds. The molecule has 1 aromatic heterocycles. The molecule has 1 aromatic carbocycles. The van der Waals surface area contributed by atoms with Gasteiger partial charge in [-0.15, -0.1) is 0 Å². The van der Waals surface area contributed by atoms with Crippen LogP contribution in [0.3, 0.4) is 0 Å². The second kappa shape index (κ2) is 4.48. The highest BCUT2D eigenvalue weighted by Gasteiger charge is 2.23. The Morgan fingerprint density at radius 1 is 1.50 bits per heavy atom. The van der Waals surface area contributed by atoms with Crippen LogP contribution in [0.1, 0.15) is 16.1 Å². The smallest absolute Gasteiger partial charge is 0.341 e. The van der Waals surface area contributed by atoms with Crippen molar-refractivity contribution in [3.63, 3.8) is 0 Å². The molecule has 0 saturated heterocycles. The number of hydrogen-bond donors (Lipinski definition) is 1. The molecule has 0 saturated carbocycles. The molecule has 0 spiro atoms. The van der Waals surface area contributed by atoms with E-state index in [4.69, 9.17) is 14.4 Å². The van der Waals surface area contributed by atoms with Crippen LogP contribution in [0.25, 0.3) is 11.3 Å². The lowest BCUT2D eigenvalue weighted by molar-refractivity contribution is 0.0696. The number of benzene rings is 1. The van der Waals surface area contributed by atoms with E-state index < -0.39 is 11.8 Å². The molecule has 0 atom stereocenters. The molecule has 1 N–H and O–H groups in total. The Morgan fingerprint density at radius 2 is 2.22 bits per heavy atom. The van der Waals surface area contributed by atoms with E-state index in [0.29, 0.717) is 5.75 Å². The number of aromatic carboxylic acids is 1. The quantitative estimate of drug-likeness (QED) is 0.907. The van der Waals surface area contributed by atoms with E-state index in [1.54, 1.807) is 0 Å². The van der Waals surface area contributed by atoms with Gasteiger partial charge in [0.25, 0.3) is 0 Å². The number of ether oxygens (including phenoxy) is 1. The summed E-state index contributed by atoms with van der Waals surface area (Å²) in [6.45, 7) is 1.46. The van der Waals surface area contributed by atoms with Crippen molar-refractivity contribution in [1.82, 2.24) is 5.16 Å². The van der Waals surface area contributed by atoms with E-state index in [0.717, 1.165) is 0 Å². The van der Waals surface area contributed by atoms with Gasteiger partial charge in [0, 0.05) is 5.56 Å². The van der Waals surface area contributed by atoms with Crippen LogP contribution in [0.5, 0.6) is 5.75 Å². The van der Waals surface area contributed by atoms with Gasteiger partial charge in [-0.3, -0.25) is 0 Å². The summed E-state index contributed by atoms with van der Waals surface area (Å²) in [5.41, 5.74) is -0.165. The molecule has 2 rings (SSSR count). The van der Waals surface area contributed by atoms with Crippen LogP contribution in [0.15, 0.2) is 22.7 Å². The van der Waals surface area contributed by atoms with Crippen molar-refractivity contribution in [2.75, 3.05) is 7.11 Å². The van der Waals surface area contributed by atoms with E-state index >= 15 is 0 Å². The summed E-state index contributed by atoms with van der Waals surface area (Å²) in [7, 11) is 1.43. The zero-order valence-corrected chi connectivity index (χ0v) is 9.73. The first-order chi connectivity index (χ1) is 8.54. The van der Waals surface area contributed by atoms with E-state index in [9.17, 15) is 9.18 Å². The number of carboxylic acids is 1. The lowest BCUT2D eigenvalue weighted by Gasteiger charge is -2.04. The zero-order valence-electron chi connectivity index (χ0n) is 9.73. The average Bonchev–Trinajstić information content (AvgIpc) is 2.72. The number of methoxy groups -OCH3 is 1. The van der Waals surface area contributed by atoms with E-state index in [1.807, 2.05) is 0 Å². The van der Waals surface area contributed by atoms with Gasteiger partial charge in [0.15, 0.2) is 0 Å². The standard InChI is InChI=1S/C12H10FNO4/c1-6-10(12(15)16)11(14-18-6)8-5-7(17-2)3-4-9(8)13/h3-5H,1-2H3,(H,15,16). The van der Waals surface area contributed by atoms with Gasteiger partial charge in [0.2, 0.25) is 0 Å². The third kappa shape index (κ3) is 1.92. The highest BCUT2D eigenvalue weighted by molar-refractivity contribution is 5.95. The molecule has 0 fully saturated rings. The summed E-state index contributed by atoms with van der Waals surface area (Å²) in [6, 6.07) is 4.00. The second-order valence-corrected chi connectivity index (χ2v) is 3.61. The number of carbonyl (C=O) groups is 1. The first kappa shape index (κ1) is 12.1. The van der Waals surface area contributed by atoms with Gasteiger partial charge in [-0.1, -0.05) is 5.16 Å². The highest BCUT2D eigenvalue weighted by Crippen LogP contribution is 2.30. The van der Waals surface area contributed by atoms with E-state index in [-0.39, 0.29) is 22.6 Å². The van der Waals surface area contributed by atoms with Gasteiger partial charge in [-0.2, -0.15) is 0 Å². The van der Waals surface area contributed by atoms with Crippen LogP contribution in [-0.4, -0.2) is 23.3 Å². The fourth-order valence-corrected chi connectivity index (χ4v) is 1.62. The van der Waals surface area contributed by atoms with Crippen LogP contribution >= 0.6 is 0 Å². The maximum atomic E-state index is 13.7. The number of aryl methyl sites for hydroxylation is 1. The SMILES string of the molecule is COc1ccc(F)c(-c2noc(C)c2C(=O)O)c1. The Labute approximate surface area is 102 Å². The maximum Gasteiger partial charge on any atom is 0.341 e. The molecule has 0 aliphatic rings. The van der Waals surface area contributed by atoms with Crippen LogP contribution in [0.2, 0.25) is 0 Å². The van der Waals surface area contributed by atoms with Gasteiger partial charge < -0.3 is 14.4 Å². The fraction of sp³-hybridized carbons (Fsp3) is 0.167. The van der Waals surface area contributed by atoms with Gasteiger partial charge in [0.05, 0.1) is 7.11 Å². The van der Waals surface area contributed by atoms with Gasteiger partial charge in [-0.25, -0.2) is 9.18 Å². The van der Waals surface area contributed by atoms with Gasteiger partial charge >= 0.3 is 5.97 Å². The molecular formula is C12H10FNO4. The zero-order chi connectivity index (χ0) is 13.3. The van der Waals surface area contributed by atoms with Crippen molar-refractivity contribution in [2.45, 2.75) is 6.92 Å². The minimum Gasteiger partial charge on any atom is -0.497 e. The monoisotopic (exact) mass is 251 g/mol. The molecule has 0 unspecified atom stereocenters. The fourth-order valence-electron chi connectivity index (χ4n) is 1.62. The molecule has 0 bridgehead atoms. The van der Waals surface area contributed by atoms with Gasteiger partial charge in [-0.05, 0) is 25.1 Å².